The van der Waals surface area contributed by atoms with Crippen molar-refractivity contribution in [2.75, 3.05) is 12.3 Å². The van der Waals surface area contributed by atoms with E-state index in [1.807, 2.05) is 0 Å². The summed E-state index contributed by atoms with van der Waals surface area (Å²) in [5.74, 6) is 3.17. The van der Waals surface area contributed by atoms with Gasteiger partial charge in [0, 0.05) is 0 Å². The predicted octanol–water partition coefficient (Wildman–Crippen LogP) is 2.87. The highest BCUT2D eigenvalue weighted by atomic mass is 32.2. The van der Waals surface area contributed by atoms with Gasteiger partial charge in [0.2, 0.25) is 0 Å². The molecule has 1 nitrogen and oxygen atoms in total. The van der Waals surface area contributed by atoms with E-state index in [0.29, 0.717) is 4.87 Å². The van der Waals surface area contributed by atoms with Crippen LogP contribution in [-0.4, -0.2) is 17.2 Å². The average Bonchev–Trinajstić information content (AvgIpc) is 2.54. The fraction of sp³-hybridized carbons (Fsp3) is 1.00. The van der Waals surface area contributed by atoms with Crippen molar-refractivity contribution in [2.24, 2.45) is 11.8 Å². The summed E-state index contributed by atoms with van der Waals surface area (Å²) in [7, 11) is 0. The van der Waals surface area contributed by atoms with Crippen LogP contribution in [-0.2, 0) is 0 Å². The van der Waals surface area contributed by atoms with Crippen molar-refractivity contribution in [1.29, 1.82) is 0 Å². The maximum atomic E-state index is 3.81. The lowest BCUT2D eigenvalue weighted by atomic mass is 9.99. The second kappa shape index (κ2) is 3.82. The Kier molecular flexibility index (Phi) is 2.89. The van der Waals surface area contributed by atoms with Crippen molar-refractivity contribution in [3.05, 3.63) is 0 Å². The fourth-order valence-corrected chi connectivity index (χ4v) is 4.45. The van der Waals surface area contributed by atoms with Crippen molar-refractivity contribution < 1.29 is 0 Å². The lowest BCUT2D eigenvalue weighted by Gasteiger charge is -2.41. The molecule has 0 aromatic carbocycles. The summed E-state index contributed by atoms with van der Waals surface area (Å²) in [5.41, 5.74) is 0. The summed E-state index contributed by atoms with van der Waals surface area (Å²) in [6, 6.07) is 0. The van der Waals surface area contributed by atoms with Crippen molar-refractivity contribution in [1.82, 2.24) is 5.32 Å². The third kappa shape index (κ3) is 1.75. The van der Waals surface area contributed by atoms with Crippen LogP contribution in [0.1, 0.15) is 39.5 Å². The van der Waals surface area contributed by atoms with E-state index >= 15 is 0 Å². The molecule has 1 spiro atoms. The van der Waals surface area contributed by atoms with Gasteiger partial charge in [-0.25, -0.2) is 0 Å². The molecule has 1 aliphatic carbocycles. The molecule has 1 N–H and O–H groups in total. The number of rotatable bonds is 1. The van der Waals surface area contributed by atoms with E-state index in [2.05, 4.69) is 30.9 Å². The van der Waals surface area contributed by atoms with Gasteiger partial charge in [-0.05, 0) is 37.0 Å². The first-order valence-electron chi connectivity index (χ1n) is 5.66. The molecule has 1 saturated carbocycles. The molecule has 1 aliphatic heterocycles. The van der Waals surface area contributed by atoms with Gasteiger partial charge in [-0.2, -0.15) is 0 Å². The smallest absolute Gasteiger partial charge is 0.0673 e. The Morgan fingerprint density at radius 2 is 2.38 bits per heavy atom. The number of nitrogens with one attached hydrogen (secondary N) is 1. The molecule has 76 valence electrons. The number of thioether (sulfide) groups is 1. The first-order chi connectivity index (χ1) is 6.27. The van der Waals surface area contributed by atoms with E-state index in [9.17, 15) is 0 Å². The SMILES string of the molecule is CCC1CCCC12NCC(C)CS2. The van der Waals surface area contributed by atoms with Crippen LogP contribution in [0.15, 0.2) is 0 Å². The first kappa shape index (κ1) is 9.85. The summed E-state index contributed by atoms with van der Waals surface area (Å²) in [6.45, 7) is 5.93. The van der Waals surface area contributed by atoms with Crippen LogP contribution in [0.3, 0.4) is 0 Å². The Balaban J connectivity index is 2.02. The van der Waals surface area contributed by atoms with Crippen molar-refractivity contribution >= 4 is 11.8 Å². The quantitative estimate of drug-likeness (QED) is 0.697. The standard InChI is InChI=1S/C11H21NS/c1-3-10-5-4-6-11(10)12-7-9(2)8-13-11/h9-10,12H,3-8H2,1-2H3. The largest absolute Gasteiger partial charge is 0.302 e. The van der Waals surface area contributed by atoms with Crippen LogP contribution < -0.4 is 5.32 Å². The maximum absolute atomic E-state index is 3.81. The normalized spacial score (nSPS) is 45.7. The molecular weight excluding hydrogens is 178 g/mol. The van der Waals surface area contributed by atoms with Gasteiger partial charge in [-0.15, -0.1) is 11.8 Å². The van der Waals surface area contributed by atoms with Gasteiger partial charge in [0.15, 0.2) is 0 Å². The fourth-order valence-electron chi connectivity index (χ4n) is 2.75. The van der Waals surface area contributed by atoms with Crippen LogP contribution in [0.5, 0.6) is 0 Å². The molecule has 1 heterocycles. The molecule has 2 rings (SSSR count). The van der Waals surface area contributed by atoms with Gasteiger partial charge in [-0.3, -0.25) is 0 Å². The van der Waals surface area contributed by atoms with Gasteiger partial charge < -0.3 is 5.32 Å². The molecule has 1 saturated heterocycles. The molecule has 0 aromatic heterocycles. The molecule has 2 aliphatic rings. The van der Waals surface area contributed by atoms with Crippen molar-refractivity contribution in [3.8, 4) is 0 Å². The summed E-state index contributed by atoms with van der Waals surface area (Å²) in [4.78, 5) is 0.487. The second-order valence-electron chi connectivity index (χ2n) is 4.68. The Morgan fingerprint density at radius 3 is 3.00 bits per heavy atom. The molecule has 2 fully saturated rings. The highest BCUT2D eigenvalue weighted by Crippen LogP contribution is 2.47. The van der Waals surface area contributed by atoms with E-state index in [-0.39, 0.29) is 0 Å². The van der Waals surface area contributed by atoms with Crippen LogP contribution >= 0.6 is 11.8 Å². The number of hydrogen-bond donors (Lipinski definition) is 1. The van der Waals surface area contributed by atoms with Crippen LogP contribution in [0.4, 0.5) is 0 Å². The zero-order valence-electron chi connectivity index (χ0n) is 8.81. The van der Waals surface area contributed by atoms with Gasteiger partial charge in [0.25, 0.3) is 0 Å². The van der Waals surface area contributed by atoms with E-state index < -0.39 is 0 Å². The zero-order chi connectivity index (χ0) is 9.31. The lowest BCUT2D eigenvalue weighted by Crippen LogP contribution is -2.51. The predicted molar refractivity (Wildman–Crippen MR) is 60.0 cm³/mol. The minimum atomic E-state index is 0.487. The molecule has 0 bridgehead atoms. The lowest BCUT2D eigenvalue weighted by molar-refractivity contribution is 0.324. The molecule has 3 atom stereocenters. The first-order valence-corrected chi connectivity index (χ1v) is 6.64. The minimum absolute atomic E-state index is 0.487. The Morgan fingerprint density at radius 1 is 1.54 bits per heavy atom. The van der Waals surface area contributed by atoms with Crippen LogP contribution in [0.25, 0.3) is 0 Å². The zero-order valence-corrected chi connectivity index (χ0v) is 9.62. The minimum Gasteiger partial charge on any atom is -0.302 e. The van der Waals surface area contributed by atoms with E-state index in [1.165, 1.54) is 38.0 Å². The Bertz CT molecular complexity index is 173. The van der Waals surface area contributed by atoms with Gasteiger partial charge in [-0.1, -0.05) is 26.7 Å². The van der Waals surface area contributed by atoms with Gasteiger partial charge in [0.1, 0.15) is 0 Å². The highest BCUT2D eigenvalue weighted by Gasteiger charge is 2.43. The third-order valence-electron chi connectivity index (χ3n) is 3.63. The van der Waals surface area contributed by atoms with Crippen LogP contribution in [0.2, 0.25) is 0 Å². The Labute approximate surface area is 86.0 Å². The molecule has 0 aromatic rings. The molecule has 3 unspecified atom stereocenters. The maximum Gasteiger partial charge on any atom is 0.0673 e. The van der Waals surface area contributed by atoms with E-state index in [0.717, 1.165) is 11.8 Å². The van der Waals surface area contributed by atoms with Crippen molar-refractivity contribution in [3.63, 3.8) is 0 Å². The molecule has 2 heteroatoms. The van der Waals surface area contributed by atoms with E-state index in [4.69, 9.17) is 0 Å². The highest BCUT2D eigenvalue weighted by molar-refractivity contribution is 8.00. The van der Waals surface area contributed by atoms with Crippen molar-refractivity contribution in [2.45, 2.75) is 44.4 Å². The number of hydrogen-bond acceptors (Lipinski definition) is 2. The molecule has 0 radical (unpaired) electrons. The second-order valence-corrected chi connectivity index (χ2v) is 6.03. The van der Waals surface area contributed by atoms with Crippen LogP contribution in [0, 0.1) is 11.8 Å². The van der Waals surface area contributed by atoms with E-state index in [1.54, 1.807) is 0 Å². The van der Waals surface area contributed by atoms with Gasteiger partial charge >= 0.3 is 0 Å². The summed E-state index contributed by atoms with van der Waals surface area (Å²) < 4.78 is 0. The van der Waals surface area contributed by atoms with Gasteiger partial charge in [0.05, 0.1) is 4.87 Å². The summed E-state index contributed by atoms with van der Waals surface area (Å²) in [5, 5.41) is 3.81. The monoisotopic (exact) mass is 199 g/mol. The molecule has 0 amide bonds. The Hall–Kier alpha value is 0.310. The summed E-state index contributed by atoms with van der Waals surface area (Å²) in [6.07, 6.45) is 5.65. The third-order valence-corrected chi connectivity index (χ3v) is 5.56. The average molecular weight is 199 g/mol. The molecule has 13 heavy (non-hydrogen) atoms. The topological polar surface area (TPSA) is 12.0 Å². The summed E-state index contributed by atoms with van der Waals surface area (Å²) >= 11 is 2.20. The molecular formula is C11H21NS.